The Morgan fingerprint density at radius 1 is 1.27 bits per heavy atom. The van der Waals surface area contributed by atoms with Crippen LogP contribution in [0.15, 0.2) is 35.4 Å². The monoisotopic (exact) mass is 201 g/mol. The van der Waals surface area contributed by atoms with E-state index in [0.29, 0.717) is 0 Å². The molecule has 0 spiro atoms. The summed E-state index contributed by atoms with van der Waals surface area (Å²) < 4.78 is 0. The van der Waals surface area contributed by atoms with Crippen LogP contribution in [0, 0.1) is 0 Å². The van der Waals surface area contributed by atoms with Crippen LogP contribution >= 0.6 is 0 Å². The van der Waals surface area contributed by atoms with Gasteiger partial charge in [0.05, 0.1) is 5.69 Å². The largest absolute Gasteiger partial charge is 0.380 e. The summed E-state index contributed by atoms with van der Waals surface area (Å²) in [5, 5.41) is 11.2. The molecule has 1 heterocycles. The minimum absolute atomic E-state index is 0.0846. The SMILES string of the molecule is [N-]=[N+]=Nc1nn(-c2ccccc2)nc1N. The molecular formula is C8H7N7. The van der Waals surface area contributed by atoms with Crippen LogP contribution in [0.2, 0.25) is 0 Å². The summed E-state index contributed by atoms with van der Waals surface area (Å²) in [6.07, 6.45) is 0. The van der Waals surface area contributed by atoms with E-state index in [2.05, 4.69) is 20.2 Å². The minimum atomic E-state index is 0.0846. The predicted octanol–water partition coefficient (Wildman–Crippen LogP) is 1.79. The maximum Gasteiger partial charge on any atom is 0.193 e. The maximum absolute atomic E-state index is 8.25. The first kappa shape index (κ1) is 9.04. The summed E-state index contributed by atoms with van der Waals surface area (Å²) in [5.74, 6) is 0.193. The number of hydrogen-bond acceptors (Lipinski definition) is 4. The number of anilines is 1. The van der Waals surface area contributed by atoms with Gasteiger partial charge in [0.15, 0.2) is 11.6 Å². The molecule has 74 valence electrons. The van der Waals surface area contributed by atoms with Crippen molar-refractivity contribution in [3.63, 3.8) is 0 Å². The van der Waals surface area contributed by atoms with E-state index < -0.39 is 0 Å². The van der Waals surface area contributed by atoms with Gasteiger partial charge in [-0.15, -0.1) is 15.0 Å². The van der Waals surface area contributed by atoms with Gasteiger partial charge in [-0.25, -0.2) is 0 Å². The van der Waals surface area contributed by atoms with E-state index in [1.807, 2.05) is 30.3 Å². The number of hydrogen-bond donors (Lipinski definition) is 1. The van der Waals surface area contributed by atoms with Gasteiger partial charge in [-0.1, -0.05) is 18.2 Å². The van der Waals surface area contributed by atoms with E-state index in [4.69, 9.17) is 11.3 Å². The van der Waals surface area contributed by atoms with Gasteiger partial charge in [0.1, 0.15) is 0 Å². The standard InChI is InChI=1S/C8H7N7/c9-7-8(11-14-10)13-15(12-7)6-4-2-1-3-5-6/h1-5H,(H2,9,12). The molecule has 0 bridgehead atoms. The first-order valence-corrected chi connectivity index (χ1v) is 4.14. The van der Waals surface area contributed by atoms with E-state index in [1.54, 1.807) is 0 Å². The highest BCUT2D eigenvalue weighted by molar-refractivity contribution is 5.50. The highest BCUT2D eigenvalue weighted by Crippen LogP contribution is 2.17. The molecule has 1 aromatic heterocycles. The lowest BCUT2D eigenvalue weighted by molar-refractivity contribution is 0.755. The van der Waals surface area contributed by atoms with E-state index in [1.165, 1.54) is 4.80 Å². The van der Waals surface area contributed by atoms with Gasteiger partial charge >= 0.3 is 0 Å². The molecule has 0 fully saturated rings. The van der Waals surface area contributed by atoms with Crippen molar-refractivity contribution in [2.75, 3.05) is 5.73 Å². The van der Waals surface area contributed by atoms with Crippen LogP contribution < -0.4 is 5.73 Å². The smallest absolute Gasteiger partial charge is 0.193 e. The fraction of sp³-hybridized carbons (Fsp3) is 0. The Labute approximate surface area is 84.8 Å². The van der Waals surface area contributed by atoms with Gasteiger partial charge in [-0.3, -0.25) is 0 Å². The second-order valence-corrected chi connectivity index (χ2v) is 2.72. The van der Waals surface area contributed by atoms with Gasteiger partial charge < -0.3 is 5.73 Å². The first-order valence-electron chi connectivity index (χ1n) is 4.14. The average Bonchev–Trinajstić information content (AvgIpc) is 2.63. The van der Waals surface area contributed by atoms with Gasteiger partial charge in [0, 0.05) is 4.91 Å². The molecule has 0 atom stereocenters. The number of aromatic nitrogens is 3. The second kappa shape index (κ2) is 3.69. The van der Waals surface area contributed by atoms with Gasteiger partial charge in [-0.05, 0) is 22.8 Å². The maximum atomic E-state index is 8.25. The van der Waals surface area contributed by atoms with Crippen molar-refractivity contribution in [3.8, 4) is 5.69 Å². The van der Waals surface area contributed by atoms with Crippen LogP contribution in [-0.2, 0) is 0 Å². The summed E-state index contributed by atoms with van der Waals surface area (Å²) in [6, 6.07) is 9.22. The number of rotatable bonds is 2. The minimum Gasteiger partial charge on any atom is -0.380 e. The zero-order valence-corrected chi connectivity index (χ0v) is 7.65. The highest BCUT2D eigenvalue weighted by atomic mass is 15.5. The highest BCUT2D eigenvalue weighted by Gasteiger charge is 2.06. The Morgan fingerprint density at radius 3 is 2.67 bits per heavy atom. The van der Waals surface area contributed by atoms with Crippen molar-refractivity contribution in [1.29, 1.82) is 0 Å². The number of nitrogens with zero attached hydrogens (tertiary/aromatic N) is 6. The quantitative estimate of drug-likeness (QED) is 0.454. The fourth-order valence-electron chi connectivity index (χ4n) is 1.10. The molecule has 7 heteroatoms. The van der Waals surface area contributed by atoms with Crippen LogP contribution in [0.5, 0.6) is 0 Å². The number of para-hydroxylation sites is 1. The third-order valence-corrected chi connectivity index (χ3v) is 1.75. The van der Waals surface area contributed by atoms with Crippen molar-refractivity contribution in [1.82, 2.24) is 15.0 Å². The molecule has 7 nitrogen and oxygen atoms in total. The number of azide groups is 1. The summed E-state index contributed by atoms with van der Waals surface area (Å²) >= 11 is 0. The third kappa shape index (κ3) is 1.72. The van der Waals surface area contributed by atoms with E-state index in [0.717, 1.165) is 5.69 Å². The molecule has 0 saturated carbocycles. The van der Waals surface area contributed by atoms with E-state index in [-0.39, 0.29) is 11.6 Å². The number of nitrogen functional groups attached to an aromatic ring is 1. The Bertz CT molecular complexity index is 509. The zero-order valence-electron chi connectivity index (χ0n) is 7.65. The van der Waals surface area contributed by atoms with E-state index in [9.17, 15) is 0 Å². The van der Waals surface area contributed by atoms with Gasteiger partial charge in [0.25, 0.3) is 0 Å². The molecule has 0 amide bonds. The fourth-order valence-corrected chi connectivity index (χ4v) is 1.10. The Kier molecular flexibility index (Phi) is 2.22. The molecule has 15 heavy (non-hydrogen) atoms. The first-order chi connectivity index (χ1) is 7.31. The lowest BCUT2D eigenvalue weighted by Crippen LogP contribution is -1.98. The third-order valence-electron chi connectivity index (χ3n) is 1.75. The van der Waals surface area contributed by atoms with Crippen LogP contribution in [0.1, 0.15) is 0 Å². The summed E-state index contributed by atoms with van der Waals surface area (Å²) in [7, 11) is 0. The van der Waals surface area contributed by atoms with Crippen LogP contribution in [0.25, 0.3) is 16.1 Å². The molecule has 2 N–H and O–H groups in total. The lowest BCUT2D eigenvalue weighted by Gasteiger charge is -1.96. The molecule has 2 rings (SSSR count). The molecule has 0 radical (unpaired) electrons. The van der Waals surface area contributed by atoms with Crippen LogP contribution in [-0.4, -0.2) is 15.0 Å². The average molecular weight is 201 g/mol. The predicted molar refractivity (Wildman–Crippen MR) is 54.6 cm³/mol. The summed E-state index contributed by atoms with van der Waals surface area (Å²) in [6.45, 7) is 0. The summed E-state index contributed by atoms with van der Waals surface area (Å²) in [4.78, 5) is 3.92. The van der Waals surface area contributed by atoms with Crippen molar-refractivity contribution in [2.45, 2.75) is 0 Å². The molecule has 2 aromatic rings. The molecule has 0 aliphatic carbocycles. The number of nitrogens with two attached hydrogens (primary N) is 1. The molecule has 0 aliphatic heterocycles. The van der Waals surface area contributed by atoms with Crippen LogP contribution in [0.3, 0.4) is 0 Å². The second-order valence-electron chi connectivity index (χ2n) is 2.72. The normalized spacial score (nSPS) is 9.60. The summed E-state index contributed by atoms with van der Waals surface area (Å²) in [5.41, 5.74) is 14.5. The van der Waals surface area contributed by atoms with E-state index >= 15 is 0 Å². The Morgan fingerprint density at radius 2 is 2.00 bits per heavy atom. The van der Waals surface area contributed by atoms with Gasteiger partial charge in [0.2, 0.25) is 0 Å². The topological polar surface area (TPSA) is 105 Å². The molecule has 1 aromatic carbocycles. The van der Waals surface area contributed by atoms with Crippen molar-refractivity contribution in [2.24, 2.45) is 5.11 Å². The van der Waals surface area contributed by atoms with Crippen LogP contribution in [0.4, 0.5) is 11.6 Å². The molecule has 0 aliphatic rings. The Balaban J connectivity index is 2.47. The molecule has 0 saturated heterocycles. The molecular weight excluding hydrogens is 194 g/mol. The lowest BCUT2D eigenvalue weighted by atomic mass is 10.3. The van der Waals surface area contributed by atoms with Crippen molar-refractivity contribution >= 4 is 11.6 Å². The number of benzene rings is 1. The zero-order chi connectivity index (χ0) is 10.7. The van der Waals surface area contributed by atoms with Crippen molar-refractivity contribution in [3.05, 3.63) is 40.8 Å². The van der Waals surface area contributed by atoms with Gasteiger partial charge in [-0.2, -0.15) is 0 Å². The van der Waals surface area contributed by atoms with Crippen molar-refractivity contribution < 1.29 is 0 Å². The Hall–Kier alpha value is -2.53. The molecule has 0 unspecified atom stereocenters.